The molecule has 0 spiro atoms. The van der Waals surface area contributed by atoms with E-state index in [4.69, 9.17) is 4.84 Å². The largest absolute Gasteiger partial charge is 0.381 e. The number of nitrogens with one attached hydrogen (secondary N) is 1. The van der Waals surface area contributed by atoms with Gasteiger partial charge in [-0.2, -0.15) is 5.10 Å². The second-order valence-corrected chi connectivity index (χ2v) is 5.30. The lowest BCUT2D eigenvalue weighted by atomic mass is 10.1. The smallest absolute Gasteiger partial charge is 0.323 e. The van der Waals surface area contributed by atoms with Crippen molar-refractivity contribution >= 4 is 17.8 Å². The molecular weight excluding hydrogens is 286 g/mol. The first kappa shape index (κ1) is 12.8. The Morgan fingerprint density at radius 1 is 1.18 bits per heavy atom. The monoisotopic (exact) mass is 297 g/mol. The standard InChI is InChI=1S/C15H11N3O4/c19-13-9-3-1-2-4-10(9)14(20)18(13)22-15(21)12-11(7-16-17-12)8-5-6-8/h1-4,7-8H,5-6H2,(H,16,17). The van der Waals surface area contributed by atoms with Gasteiger partial charge >= 0.3 is 5.97 Å². The normalized spacial score (nSPS) is 16.8. The minimum atomic E-state index is -0.783. The van der Waals surface area contributed by atoms with Gasteiger partial charge in [-0.05, 0) is 30.9 Å². The molecule has 1 fully saturated rings. The molecule has 2 amide bonds. The zero-order chi connectivity index (χ0) is 15.3. The molecule has 2 aromatic rings. The van der Waals surface area contributed by atoms with Crippen LogP contribution in [0.2, 0.25) is 0 Å². The van der Waals surface area contributed by atoms with Crippen molar-refractivity contribution in [2.45, 2.75) is 18.8 Å². The van der Waals surface area contributed by atoms with Gasteiger partial charge in [-0.25, -0.2) is 4.79 Å². The van der Waals surface area contributed by atoms with Gasteiger partial charge in [0.2, 0.25) is 0 Å². The summed E-state index contributed by atoms with van der Waals surface area (Å²) in [4.78, 5) is 41.5. The van der Waals surface area contributed by atoms with Crippen LogP contribution in [-0.2, 0) is 4.84 Å². The van der Waals surface area contributed by atoms with E-state index in [1.54, 1.807) is 18.3 Å². The summed E-state index contributed by atoms with van der Waals surface area (Å²) in [6, 6.07) is 6.34. The molecule has 1 saturated carbocycles. The first-order valence-corrected chi connectivity index (χ1v) is 6.90. The summed E-state index contributed by atoms with van der Waals surface area (Å²) in [7, 11) is 0. The lowest BCUT2D eigenvalue weighted by Crippen LogP contribution is -2.33. The topological polar surface area (TPSA) is 92.4 Å². The van der Waals surface area contributed by atoms with Crippen molar-refractivity contribution < 1.29 is 19.2 Å². The molecule has 2 aliphatic rings. The van der Waals surface area contributed by atoms with Crippen molar-refractivity contribution in [2.75, 3.05) is 0 Å². The first-order valence-electron chi connectivity index (χ1n) is 6.90. The van der Waals surface area contributed by atoms with Crippen LogP contribution >= 0.6 is 0 Å². The number of aromatic nitrogens is 2. The molecule has 7 nitrogen and oxygen atoms in total. The zero-order valence-corrected chi connectivity index (χ0v) is 11.4. The van der Waals surface area contributed by atoms with Gasteiger partial charge < -0.3 is 4.84 Å². The number of imide groups is 1. The average Bonchev–Trinajstić information content (AvgIpc) is 3.22. The molecule has 110 valence electrons. The molecule has 2 heterocycles. The number of hydrogen-bond donors (Lipinski definition) is 1. The number of benzene rings is 1. The minimum absolute atomic E-state index is 0.194. The number of fused-ring (bicyclic) bond motifs is 1. The Morgan fingerprint density at radius 3 is 2.41 bits per heavy atom. The summed E-state index contributed by atoms with van der Waals surface area (Å²) < 4.78 is 0. The van der Waals surface area contributed by atoms with E-state index in [2.05, 4.69) is 10.2 Å². The highest BCUT2D eigenvalue weighted by atomic mass is 16.7. The van der Waals surface area contributed by atoms with E-state index in [-0.39, 0.29) is 16.8 Å². The SMILES string of the molecule is O=C(ON1C(=O)c2ccccc2C1=O)c1[nH]ncc1C1CC1. The van der Waals surface area contributed by atoms with Gasteiger partial charge in [0.15, 0.2) is 0 Å². The van der Waals surface area contributed by atoms with Crippen molar-refractivity contribution in [2.24, 2.45) is 0 Å². The highest BCUT2D eigenvalue weighted by Crippen LogP contribution is 2.41. The van der Waals surface area contributed by atoms with Crippen LogP contribution in [0.3, 0.4) is 0 Å². The lowest BCUT2D eigenvalue weighted by Gasteiger charge is -2.12. The van der Waals surface area contributed by atoms with E-state index >= 15 is 0 Å². The van der Waals surface area contributed by atoms with Crippen molar-refractivity contribution in [3.63, 3.8) is 0 Å². The number of hydrogen-bond acceptors (Lipinski definition) is 5. The maximum atomic E-state index is 12.2. The molecule has 22 heavy (non-hydrogen) atoms. The molecule has 1 N–H and O–H groups in total. The number of hydroxylamine groups is 2. The van der Waals surface area contributed by atoms with E-state index in [0.717, 1.165) is 18.4 Å². The summed E-state index contributed by atoms with van der Waals surface area (Å²) in [6.07, 6.45) is 3.57. The summed E-state index contributed by atoms with van der Waals surface area (Å²) in [6.45, 7) is 0. The number of H-pyrrole nitrogens is 1. The first-order chi connectivity index (χ1) is 10.7. The van der Waals surface area contributed by atoms with E-state index in [1.807, 2.05) is 0 Å². The summed E-state index contributed by atoms with van der Waals surface area (Å²) in [5, 5.41) is 6.92. The molecule has 4 rings (SSSR count). The highest BCUT2D eigenvalue weighted by Gasteiger charge is 2.40. The third-order valence-electron chi connectivity index (χ3n) is 3.82. The van der Waals surface area contributed by atoms with Crippen LogP contribution in [-0.4, -0.2) is 33.0 Å². The molecule has 7 heteroatoms. The Hall–Kier alpha value is -2.96. The van der Waals surface area contributed by atoms with Gasteiger partial charge in [0, 0.05) is 5.56 Å². The van der Waals surface area contributed by atoms with Gasteiger partial charge in [-0.1, -0.05) is 17.2 Å². The van der Waals surface area contributed by atoms with Crippen molar-refractivity contribution in [1.82, 2.24) is 15.3 Å². The second-order valence-electron chi connectivity index (χ2n) is 5.30. The lowest BCUT2D eigenvalue weighted by molar-refractivity contribution is -0.0589. The van der Waals surface area contributed by atoms with Crippen LogP contribution < -0.4 is 0 Å². The van der Waals surface area contributed by atoms with Crippen LogP contribution in [0.25, 0.3) is 0 Å². The van der Waals surface area contributed by atoms with Gasteiger partial charge in [0.1, 0.15) is 5.69 Å². The van der Waals surface area contributed by atoms with Gasteiger partial charge in [-0.15, -0.1) is 0 Å². The number of amides is 2. The Labute approximate surface area is 124 Å². The van der Waals surface area contributed by atoms with Crippen LogP contribution in [0.4, 0.5) is 0 Å². The Morgan fingerprint density at radius 2 is 1.82 bits per heavy atom. The Balaban J connectivity index is 1.59. The number of carbonyl (C=O) groups excluding carboxylic acids is 3. The molecule has 1 aromatic carbocycles. The van der Waals surface area contributed by atoms with Crippen LogP contribution in [0, 0.1) is 0 Å². The zero-order valence-electron chi connectivity index (χ0n) is 11.4. The predicted molar refractivity (Wildman–Crippen MR) is 72.9 cm³/mol. The molecule has 0 atom stereocenters. The Bertz CT molecular complexity index is 772. The highest BCUT2D eigenvalue weighted by molar-refractivity contribution is 6.21. The second kappa shape index (κ2) is 4.52. The molecule has 0 saturated heterocycles. The van der Waals surface area contributed by atoms with Gasteiger partial charge in [0.25, 0.3) is 11.8 Å². The fraction of sp³-hybridized carbons (Fsp3) is 0.200. The number of carbonyl (C=O) groups is 3. The Kier molecular flexibility index (Phi) is 2.62. The van der Waals surface area contributed by atoms with Gasteiger partial charge in [0.05, 0.1) is 17.3 Å². The van der Waals surface area contributed by atoms with Crippen LogP contribution in [0.5, 0.6) is 0 Å². The number of rotatable bonds is 3. The van der Waals surface area contributed by atoms with Crippen molar-refractivity contribution in [3.8, 4) is 0 Å². The molecule has 0 unspecified atom stereocenters. The third-order valence-corrected chi connectivity index (χ3v) is 3.82. The van der Waals surface area contributed by atoms with Crippen LogP contribution in [0.1, 0.15) is 55.5 Å². The summed E-state index contributed by atoms with van der Waals surface area (Å²) in [5.41, 5.74) is 1.42. The molecule has 1 aliphatic heterocycles. The van der Waals surface area contributed by atoms with E-state index in [9.17, 15) is 14.4 Å². The quantitative estimate of drug-likeness (QED) is 0.870. The molecule has 1 aromatic heterocycles. The van der Waals surface area contributed by atoms with Crippen LogP contribution in [0.15, 0.2) is 30.5 Å². The third kappa shape index (κ3) is 1.82. The van der Waals surface area contributed by atoms with E-state index in [0.29, 0.717) is 11.0 Å². The fourth-order valence-electron chi connectivity index (χ4n) is 2.54. The van der Waals surface area contributed by atoms with Crippen molar-refractivity contribution in [1.29, 1.82) is 0 Å². The fourth-order valence-corrected chi connectivity index (χ4v) is 2.54. The summed E-state index contributed by atoms with van der Waals surface area (Å²) in [5.74, 6) is -1.76. The molecule has 0 radical (unpaired) electrons. The molecular formula is C15H11N3O4. The van der Waals surface area contributed by atoms with E-state index < -0.39 is 17.8 Å². The van der Waals surface area contributed by atoms with Gasteiger partial charge in [-0.3, -0.25) is 14.7 Å². The summed E-state index contributed by atoms with van der Waals surface area (Å²) >= 11 is 0. The average molecular weight is 297 g/mol. The number of nitrogens with zero attached hydrogens (tertiary/aromatic N) is 2. The maximum absolute atomic E-state index is 12.2. The maximum Gasteiger partial charge on any atom is 0.381 e. The minimum Gasteiger partial charge on any atom is -0.323 e. The van der Waals surface area contributed by atoms with Crippen molar-refractivity contribution in [3.05, 3.63) is 52.8 Å². The van der Waals surface area contributed by atoms with E-state index in [1.165, 1.54) is 12.1 Å². The molecule has 0 bridgehead atoms. The number of aromatic amines is 1. The predicted octanol–water partition coefficient (Wildman–Crippen LogP) is 1.66. The molecule has 1 aliphatic carbocycles.